The topological polar surface area (TPSA) is 114 Å². The lowest BCUT2D eigenvalue weighted by atomic mass is 10.3. The molecule has 0 aliphatic rings. The van der Waals surface area contributed by atoms with Gasteiger partial charge in [-0.1, -0.05) is 0 Å². The van der Waals surface area contributed by atoms with Gasteiger partial charge in [0.15, 0.2) is 5.03 Å². The van der Waals surface area contributed by atoms with Gasteiger partial charge in [-0.3, -0.25) is 0 Å². The highest BCUT2D eigenvalue weighted by atomic mass is 32.2. The van der Waals surface area contributed by atoms with Gasteiger partial charge in [-0.25, -0.2) is 0 Å². The minimum atomic E-state index is -4.80. The Kier molecular flexibility index (Phi) is 4.50. The number of hydrogen-bond acceptors (Lipinski definition) is 8. The van der Waals surface area contributed by atoms with E-state index in [1.807, 2.05) is 0 Å². The van der Waals surface area contributed by atoms with Gasteiger partial charge in [0.05, 0.1) is 5.69 Å². The highest BCUT2D eigenvalue weighted by Crippen LogP contribution is 2.33. The van der Waals surface area contributed by atoms with E-state index in [0.29, 0.717) is 5.69 Å². The maximum atomic E-state index is 12.2. The fourth-order valence-electron chi connectivity index (χ4n) is 1.93. The van der Waals surface area contributed by atoms with E-state index >= 15 is 0 Å². The van der Waals surface area contributed by atoms with Gasteiger partial charge in [0, 0.05) is 7.05 Å². The first-order valence-electron chi connectivity index (χ1n) is 6.73. The third-order valence-electron chi connectivity index (χ3n) is 2.98. The third-order valence-corrected chi connectivity index (χ3v) is 4.08. The summed E-state index contributed by atoms with van der Waals surface area (Å²) in [6.45, 7) is 0. The van der Waals surface area contributed by atoms with Crippen molar-refractivity contribution in [1.29, 1.82) is 0 Å². The van der Waals surface area contributed by atoms with Crippen LogP contribution >= 0.6 is 11.8 Å². The van der Waals surface area contributed by atoms with Crippen LogP contribution in [-0.4, -0.2) is 41.0 Å². The molecule has 0 atom stereocenters. The van der Waals surface area contributed by atoms with Crippen LogP contribution in [0.15, 0.2) is 40.8 Å². The molecule has 2 heterocycles. The molecule has 3 rings (SSSR count). The van der Waals surface area contributed by atoms with Crippen LogP contribution in [0.3, 0.4) is 0 Å². The van der Waals surface area contributed by atoms with Crippen molar-refractivity contribution in [1.82, 2.24) is 29.8 Å². The van der Waals surface area contributed by atoms with E-state index in [0.717, 1.165) is 23.9 Å². The predicted molar refractivity (Wildman–Crippen MR) is 79.8 cm³/mol. The van der Waals surface area contributed by atoms with Crippen LogP contribution in [0.2, 0.25) is 0 Å². The molecule has 0 fully saturated rings. The molecule has 26 heavy (non-hydrogen) atoms. The predicted octanol–water partition coefficient (Wildman–Crippen LogP) is 2.35. The summed E-state index contributed by atoms with van der Waals surface area (Å²) >= 11 is 0.893. The molecule has 0 spiro atoms. The summed E-state index contributed by atoms with van der Waals surface area (Å²) in [6, 6.07) is 4.84. The molecule has 136 valence electrons. The molecule has 14 heteroatoms. The number of hydrogen-bond donors (Lipinski definition) is 0. The van der Waals surface area contributed by atoms with Gasteiger partial charge in [-0.2, -0.15) is 4.68 Å². The fraction of sp³-hybridized carbons (Fsp3) is 0.167. The third kappa shape index (κ3) is 3.74. The van der Waals surface area contributed by atoms with Crippen molar-refractivity contribution in [2.45, 2.75) is 16.5 Å². The van der Waals surface area contributed by atoms with Crippen LogP contribution in [-0.2, 0) is 7.05 Å². The first-order valence-corrected chi connectivity index (χ1v) is 7.54. The molecule has 0 aliphatic heterocycles. The summed E-state index contributed by atoms with van der Waals surface area (Å²) in [5, 5.41) is 22.4. The standard InChI is InChI=1S/C12H8F3N7O3S/c1-20-6-16-9(22(23)24)10(20)26-11-17-18-19-21(11)7-2-4-8(5-3-7)25-12(13,14)15/h2-6H,1H3. The molecule has 0 saturated carbocycles. The van der Waals surface area contributed by atoms with Crippen molar-refractivity contribution in [2.24, 2.45) is 7.05 Å². The van der Waals surface area contributed by atoms with Crippen molar-refractivity contribution in [3.8, 4) is 11.4 Å². The zero-order valence-electron chi connectivity index (χ0n) is 12.8. The summed E-state index contributed by atoms with van der Waals surface area (Å²) in [5.74, 6) is -0.758. The van der Waals surface area contributed by atoms with Crippen LogP contribution in [0, 0.1) is 10.1 Å². The molecule has 0 saturated heterocycles. The minimum Gasteiger partial charge on any atom is -0.406 e. The SMILES string of the molecule is Cn1cnc([N+](=O)[O-])c1Sc1nnnn1-c1ccc(OC(F)(F)F)cc1. The maximum Gasteiger partial charge on any atom is 0.573 e. The van der Waals surface area contributed by atoms with E-state index in [9.17, 15) is 23.3 Å². The second-order valence-corrected chi connectivity index (χ2v) is 5.71. The van der Waals surface area contributed by atoms with Crippen LogP contribution in [0.1, 0.15) is 0 Å². The Hall–Kier alpha value is -3.16. The molecule has 0 aliphatic carbocycles. The zero-order valence-corrected chi connectivity index (χ0v) is 13.6. The van der Waals surface area contributed by atoms with Gasteiger partial charge in [0.25, 0.3) is 0 Å². The second kappa shape index (κ2) is 6.62. The smallest absolute Gasteiger partial charge is 0.406 e. The molecule has 0 unspecified atom stereocenters. The number of benzene rings is 1. The van der Waals surface area contributed by atoms with Gasteiger partial charge in [-0.15, -0.1) is 18.3 Å². The number of imidazole rings is 1. The van der Waals surface area contributed by atoms with E-state index in [4.69, 9.17) is 0 Å². The number of tetrazole rings is 1. The van der Waals surface area contributed by atoms with Gasteiger partial charge in [0.2, 0.25) is 11.5 Å². The number of aryl methyl sites for hydroxylation is 1. The lowest BCUT2D eigenvalue weighted by Crippen LogP contribution is -2.17. The molecule has 0 amide bonds. The van der Waals surface area contributed by atoms with Gasteiger partial charge >= 0.3 is 12.2 Å². The number of halogens is 3. The number of ether oxygens (including phenoxy) is 1. The quantitative estimate of drug-likeness (QED) is 0.484. The average Bonchev–Trinajstić information content (AvgIpc) is 3.15. The molecule has 0 N–H and O–H groups in total. The Morgan fingerprint density at radius 1 is 1.27 bits per heavy atom. The largest absolute Gasteiger partial charge is 0.573 e. The van der Waals surface area contributed by atoms with Crippen LogP contribution < -0.4 is 4.74 Å². The van der Waals surface area contributed by atoms with E-state index in [2.05, 4.69) is 25.2 Å². The fourth-order valence-corrected chi connectivity index (χ4v) is 2.82. The minimum absolute atomic E-state index is 0.168. The highest BCUT2D eigenvalue weighted by molar-refractivity contribution is 7.99. The van der Waals surface area contributed by atoms with E-state index < -0.39 is 17.0 Å². The molecule has 1 aromatic carbocycles. The lowest BCUT2D eigenvalue weighted by Gasteiger charge is -2.09. The monoisotopic (exact) mass is 387 g/mol. The molecule has 0 radical (unpaired) electrons. The van der Waals surface area contributed by atoms with E-state index in [1.54, 1.807) is 7.05 Å². The number of nitro groups is 1. The first-order chi connectivity index (χ1) is 12.2. The van der Waals surface area contributed by atoms with Crippen molar-refractivity contribution in [2.75, 3.05) is 0 Å². The molecule has 0 bridgehead atoms. The Morgan fingerprint density at radius 2 is 1.96 bits per heavy atom. The van der Waals surface area contributed by atoms with Gasteiger partial charge in [-0.05, 0) is 56.4 Å². The Labute approximate surface area is 146 Å². The molecule has 2 aromatic heterocycles. The summed E-state index contributed by atoms with van der Waals surface area (Å²) in [4.78, 5) is 14.1. The molecular weight excluding hydrogens is 379 g/mol. The normalized spacial score (nSPS) is 11.5. The van der Waals surface area contributed by atoms with Crippen molar-refractivity contribution >= 4 is 17.6 Å². The number of nitrogens with zero attached hydrogens (tertiary/aromatic N) is 7. The lowest BCUT2D eigenvalue weighted by molar-refractivity contribution is -0.392. The van der Waals surface area contributed by atoms with E-state index in [1.165, 1.54) is 27.7 Å². The number of aromatic nitrogens is 6. The van der Waals surface area contributed by atoms with Crippen LogP contribution in [0.4, 0.5) is 19.0 Å². The van der Waals surface area contributed by atoms with Gasteiger partial charge < -0.3 is 19.4 Å². The Morgan fingerprint density at radius 3 is 2.58 bits per heavy atom. The van der Waals surface area contributed by atoms with Gasteiger partial charge in [0.1, 0.15) is 5.75 Å². The first kappa shape index (κ1) is 17.7. The maximum absolute atomic E-state index is 12.2. The van der Waals surface area contributed by atoms with Crippen molar-refractivity contribution in [3.05, 3.63) is 40.7 Å². The Balaban J connectivity index is 1.88. The van der Waals surface area contributed by atoms with E-state index in [-0.39, 0.29) is 16.0 Å². The highest BCUT2D eigenvalue weighted by Gasteiger charge is 2.31. The molecule has 3 aromatic rings. The van der Waals surface area contributed by atoms with Crippen LogP contribution in [0.25, 0.3) is 5.69 Å². The summed E-state index contributed by atoms with van der Waals surface area (Å²) in [5.41, 5.74) is 0.344. The number of alkyl halides is 3. The second-order valence-electron chi connectivity index (χ2n) is 4.76. The number of rotatable bonds is 5. The summed E-state index contributed by atoms with van der Waals surface area (Å²) in [6.07, 6.45) is -3.52. The Bertz CT molecular complexity index is 938. The molecular formula is C12H8F3N7O3S. The van der Waals surface area contributed by atoms with Crippen LogP contribution in [0.5, 0.6) is 5.75 Å². The average molecular weight is 387 g/mol. The van der Waals surface area contributed by atoms with Crippen molar-refractivity contribution < 1.29 is 22.8 Å². The van der Waals surface area contributed by atoms with Crippen molar-refractivity contribution in [3.63, 3.8) is 0 Å². The summed E-state index contributed by atoms with van der Waals surface area (Å²) < 4.78 is 43.1. The summed E-state index contributed by atoms with van der Waals surface area (Å²) in [7, 11) is 1.57. The zero-order chi connectivity index (χ0) is 18.9. The molecule has 10 nitrogen and oxygen atoms in total.